The Hall–Kier alpha value is -0.670. The molecule has 0 radical (unpaired) electrons. The topological polar surface area (TPSA) is 26.0 Å². The second-order valence-corrected chi connectivity index (χ2v) is 3.69. The minimum atomic E-state index is 0.267. The highest BCUT2D eigenvalue weighted by Crippen LogP contribution is 2.14. The molecule has 0 saturated carbocycles. The van der Waals surface area contributed by atoms with E-state index >= 15 is 0 Å². The lowest BCUT2D eigenvalue weighted by Crippen LogP contribution is -2.05. The molecule has 0 saturated heterocycles. The Labute approximate surface area is 85.6 Å². The largest absolute Gasteiger partial charge is 0.327 e. The zero-order valence-electron chi connectivity index (χ0n) is 7.13. The van der Waals surface area contributed by atoms with Gasteiger partial charge >= 0.3 is 0 Å². The van der Waals surface area contributed by atoms with Crippen LogP contribution in [-0.2, 0) is 6.42 Å². The van der Waals surface area contributed by atoms with E-state index in [-0.39, 0.29) is 6.54 Å². The van der Waals surface area contributed by atoms with Crippen molar-refractivity contribution in [1.29, 1.82) is 0 Å². The zero-order chi connectivity index (χ0) is 9.68. The van der Waals surface area contributed by atoms with Gasteiger partial charge in [-0.2, -0.15) is 0 Å². The SMILES string of the molecule is NC/C(=C\F)Cc1cccc(Br)c1. The summed E-state index contributed by atoms with van der Waals surface area (Å²) in [4.78, 5) is 0. The van der Waals surface area contributed by atoms with E-state index in [1.807, 2.05) is 24.3 Å². The van der Waals surface area contributed by atoms with Crippen LogP contribution in [0, 0.1) is 0 Å². The Morgan fingerprint density at radius 1 is 1.54 bits per heavy atom. The van der Waals surface area contributed by atoms with Gasteiger partial charge in [0.2, 0.25) is 0 Å². The molecule has 0 atom stereocenters. The van der Waals surface area contributed by atoms with Gasteiger partial charge in [0, 0.05) is 11.0 Å². The summed E-state index contributed by atoms with van der Waals surface area (Å²) in [5.74, 6) is 0. The van der Waals surface area contributed by atoms with Crippen molar-refractivity contribution >= 4 is 15.9 Å². The van der Waals surface area contributed by atoms with Crippen molar-refractivity contribution in [3.05, 3.63) is 46.2 Å². The molecular weight excluding hydrogens is 233 g/mol. The van der Waals surface area contributed by atoms with Crippen LogP contribution in [0.2, 0.25) is 0 Å². The van der Waals surface area contributed by atoms with Crippen molar-refractivity contribution < 1.29 is 4.39 Å². The van der Waals surface area contributed by atoms with Gasteiger partial charge in [-0.25, -0.2) is 4.39 Å². The summed E-state index contributed by atoms with van der Waals surface area (Å²) < 4.78 is 13.2. The van der Waals surface area contributed by atoms with Crippen molar-refractivity contribution in [2.75, 3.05) is 6.54 Å². The van der Waals surface area contributed by atoms with Gasteiger partial charge in [-0.3, -0.25) is 0 Å². The summed E-state index contributed by atoms with van der Waals surface area (Å²) in [5.41, 5.74) is 7.02. The quantitative estimate of drug-likeness (QED) is 0.869. The van der Waals surface area contributed by atoms with Crippen LogP contribution in [0.3, 0.4) is 0 Å². The maximum absolute atomic E-state index is 12.2. The first-order valence-corrected chi connectivity index (χ1v) is 4.78. The smallest absolute Gasteiger partial charge is 0.0875 e. The molecule has 0 aliphatic heterocycles. The molecule has 1 aromatic carbocycles. The van der Waals surface area contributed by atoms with Gasteiger partial charge in [0.25, 0.3) is 0 Å². The highest BCUT2D eigenvalue weighted by molar-refractivity contribution is 9.10. The molecule has 2 N–H and O–H groups in total. The van der Waals surface area contributed by atoms with Gasteiger partial charge in [0.15, 0.2) is 0 Å². The fourth-order valence-corrected chi connectivity index (χ4v) is 1.51. The third-order valence-electron chi connectivity index (χ3n) is 1.74. The molecule has 1 rings (SSSR count). The molecule has 0 unspecified atom stereocenters. The number of hydrogen-bond acceptors (Lipinski definition) is 1. The molecule has 0 heterocycles. The van der Waals surface area contributed by atoms with Crippen LogP contribution in [0.25, 0.3) is 0 Å². The maximum Gasteiger partial charge on any atom is 0.0875 e. The number of rotatable bonds is 3. The van der Waals surface area contributed by atoms with Gasteiger partial charge in [-0.15, -0.1) is 0 Å². The molecule has 1 nitrogen and oxygen atoms in total. The van der Waals surface area contributed by atoms with Crippen molar-refractivity contribution in [2.45, 2.75) is 6.42 Å². The molecule has 0 fully saturated rings. The molecule has 0 amide bonds. The summed E-state index contributed by atoms with van der Waals surface area (Å²) in [6.45, 7) is 0.267. The Balaban J connectivity index is 2.74. The van der Waals surface area contributed by atoms with Gasteiger partial charge in [0.05, 0.1) is 6.33 Å². The molecular formula is C10H11BrFN. The van der Waals surface area contributed by atoms with Crippen LogP contribution >= 0.6 is 15.9 Å². The third-order valence-corrected chi connectivity index (χ3v) is 2.23. The molecule has 1 aromatic rings. The van der Waals surface area contributed by atoms with E-state index in [4.69, 9.17) is 5.73 Å². The summed E-state index contributed by atoms with van der Waals surface area (Å²) in [6, 6.07) is 7.76. The predicted octanol–water partition coefficient (Wildman–Crippen LogP) is 2.80. The summed E-state index contributed by atoms with van der Waals surface area (Å²) in [7, 11) is 0. The molecule has 0 aliphatic rings. The van der Waals surface area contributed by atoms with E-state index in [2.05, 4.69) is 15.9 Å². The van der Waals surface area contributed by atoms with Crippen molar-refractivity contribution in [2.24, 2.45) is 5.73 Å². The average Bonchev–Trinajstić information content (AvgIpc) is 2.14. The van der Waals surface area contributed by atoms with E-state index in [0.717, 1.165) is 10.0 Å². The number of benzene rings is 1. The fourth-order valence-electron chi connectivity index (χ4n) is 1.06. The standard InChI is InChI=1S/C10H11BrFN/c11-10-3-1-2-8(5-10)4-9(6-12)7-13/h1-3,5-6H,4,7,13H2/b9-6-. The first-order valence-electron chi connectivity index (χ1n) is 3.99. The van der Waals surface area contributed by atoms with E-state index in [0.29, 0.717) is 18.3 Å². The second kappa shape index (κ2) is 5.14. The zero-order valence-corrected chi connectivity index (χ0v) is 8.72. The summed E-state index contributed by atoms with van der Waals surface area (Å²) in [5, 5.41) is 0. The minimum absolute atomic E-state index is 0.267. The lowest BCUT2D eigenvalue weighted by molar-refractivity contribution is 0.699. The van der Waals surface area contributed by atoms with Crippen LogP contribution in [0.4, 0.5) is 4.39 Å². The Bertz CT molecular complexity index is 310. The van der Waals surface area contributed by atoms with Crippen molar-refractivity contribution in [3.8, 4) is 0 Å². The van der Waals surface area contributed by atoms with Gasteiger partial charge < -0.3 is 5.73 Å². The average molecular weight is 244 g/mol. The first-order chi connectivity index (χ1) is 6.26. The van der Waals surface area contributed by atoms with E-state index in [9.17, 15) is 4.39 Å². The second-order valence-electron chi connectivity index (χ2n) is 2.78. The highest BCUT2D eigenvalue weighted by Gasteiger charge is 1.98. The lowest BCUT2D eigenvalue weighted by atomic mass is 10.1. The summed E-state index contributed by atoms with van der Waals surface area (Å²) in [6.07, 6.45) is 1.16. The van der Waals surface area contributed by atoms with Crippen molar-refractivity contribution in [1.82, 2.24) is 0 Å². The highest BCUT2D eigenvalue weighted by atomic mass is 79.9. The van der Waals surface area contributed by atoms with Crippen LogP contribution in [0.1, 0.15) is 5.56 Å². The normalized spacial score (nSPS) is 11.8. The minimum Gasteiger partial charge on any atom is -0.327 e. The van der Waals surface area contributed by atoms with Crippen LogP contribution in [0.5, 0.6) is 0 Å². The molecule has 70 valence electrons. The lowest BCUT2D eigenvalue weighted by Gasteiger charge is -2.02. The maximum atomic E-state index is 12.2. The number of halogens is 2. The number of hydrogen-bond donors (Lipinski definition) is 1. The third kappa shape index (κ3) is 3.28. The van der Waals surface area contributed by atoms with E-state index < -0.39 is 0 Å². The molecule has 13 heavy (non-hydrogen) atoms. The Kier molecular flexibility index (Phi) is 4.12. The predicted molar refractivity (Wildman–Crippen MR) is 56.1 cm³/mol. The molecule has 3 heteroatoms. The molecule has 0 aromatic heterocycles. The van der Waals surface area contributed by atoms with Crippen molar-refractivity contribution in [3.63, 3.8) is 0 Å². The number of nitrogens with two attached hydrogens (primary N) is 1. The first kappa shape index (κ1) is 10.4. The van der Waals surface area contributed by atoms with E-state index in [1.54, 1.807) is 0 Å². The Morgan fingerprint density at radius 2 is 2.31 bits per heavy atom. The monoisotopic (exact) mass is 243 g/mol. The van der Waals surface area contributed by atoms with Crippen LogP contribution < -0.4 is 5.73 Å². The molecule has 0 bridgehead atoms. The molecule has 0 spiro atoms. The van der Waals surface area contributed by atoms with Gasteiger partial charge in [0.1, 0.15) is 0 Å². The van der Waals surface area contributed by atoms with Gasteiger partial charge in [-0.1, -0.05) is 28.1 Å². The Morgan fingerprint density at radius 3 is 2.85 bits per heavy atom. The summed E-state index contributed by atoms with van der Waals surface area (Å²) >= 11 is 3.35. The van der Waals surface area contributed by atoms with Crippen LogP contribution in [0.15, 0.2) is 40.6 Å². The van der Waals surface area contributed by atoms with Crippen LogP contribution in [-0.4, -0.2) is 6.54 Å². The molecule has 0 aliphatic carbocycles. The fraction of sp³-hybridized carbons (Fsp3) is 0.200. The van der Waals surface area contributed by atoms with E-state index in [1.165, 1.54) is 0 Å². The van der Waals surface area contributed by atoms with Gasteiger partial charge in [-0.05, 0) is 29.7 Å².